The predicted molar refractivity (Wildman–Crippen MR) is 269 cm³/mol. The highest BCUT2D eigenvalue weighted by Crippen LogP contribution is 2.57. The summed E-state index contributed by atoms with van der Waals surface area (Å²) in [6.45, 7) is 0. The number of para-hydroxylation sites is 4. The van der Waals surface area contributed by atoms with Crippen LogP contribution in [0.25, 0.3) is 82.8 Å². The highest BCUT2D eigenvalue weighted by atomic mass is 15.0. The highest BCUT2D eigenvalue weighted by molar-refractivity contribution is 6.10. The standard InChI is InChI=1S/C62H42N2/c1-7-22-56-50(16-1)51-17-2-8-23-57(51)62(56,47-36-29-43(30-37-47)45-33-40-49(41-34-45)64-60-26-11-5-20-54(60)55-21-6-12-27-61(55)64)46-15-13-14-42(28-35-46)44-31-38-48(39-32-44)63-58-24-9-3-18-52(58)53-19-4-10-25-59(53)63/h1-14,16-41H,15H2. The van der Waals surface area contributed by atoms with Gasteiger partial charge in [-0.3, -0.25) is 0 Å². The van der Waals surface area contributed by atoms with Crippen molar-refractivity contribution in [2.75, 3.05) is 0 Å². The molecule has 300 valence electrons. The Balaban J connectivity index is 0.885. The number of hydrogen-bond donors (Lipinski definition) is 0. The summed E-state index contributed by atoms with van der Waals surface area (Å²) in [7, 11) is 0. The topological polar surface area (TPSA) is 9.86 Å². The number of rotatable bonds is 6. The lowest BCUT2D eigenvalue weighted by atomic mass is 9.66. The van der Waals surface area contributed by atoms with Gasteiger partial charge in [-0.15, -0.1) is 0 Å². The van der Waals surface area contributed by atoms with Gasteiger partial charge in [0.25, 0.3) is 0 Å². The number of benzene rings is 9. The van der Waals surface area contributed by atoms with Crippen molar-refractivity contribution in [3.63, 3.8) is 0 Å². The molecule has 9 aromatic carbocycles. The first kappa shape index (κ1) is 36.5. The quantitative estimate of drug-likeness (QED) is 0.158. The smallest absolute Gasteiger partial charge is 0.0679 e. The Bertz CT molecular complexity index is 3570. The van der Waals surface area contributed by atoms with E-state index in [0.717, 1.165) is 17.8 Å². The molecule has 0 N–H and O–H groups in total. The molecule has 2 heterocycles. The van der Waals surface area contributed by atoms with E-state index in [0.29, 0.717) is 0 Å². The summed E-state index contributed by atoms with van der Waals surface area (Å²) in [5, 5.41) is 5.10. The second kappa shape index (κ2) is 14.4. The maximum Gasteiger partial charge on any atom is 0.0679 e. The minimum atomic E-state index is -0.456. The van der Waals surface area contributed by atoms with Gasteiger partial charge in [0.05, 0.1) is 27.5 Å². The molecule has 2 aliphatic carbocycles. The van der Waals surface area contributed by atoms with Crippen molar-refractivity contribution in [3.8, 4) is 33.6 Å². The van der Waals surface area contributed by atoms with E-state index in [1.165, 1.54) is 99.3 Å². The number of aromatic nitrogens is 2. The second-order valence-electron chi connectivity index (χ2n) is 17.2. The molecule has 0 bridgehead atoms. The van der Waals surface area contributed by atoms with Gasteiger partial charge in [0.1, 0.15) is 0 Å². The molecule has 0 aliphatic heterocycles. The lowest BCUT2D eigenvalue weighted by Crippen LogP contribution is -2.29. The van der Waals surface area contributed by atoms with Crippen LogP contribution in [0.5, 0.6) is 0 Å². The fourth-order valence-electron chi connectivity index (χ4n) is 11.1. The summed E-state index contributed by atoms with van der Waals surface area (Å²) >= 11 is 0. The Hall–Kier alpha value is -8.20. The number of nitrogens with zero attached hydrogens (tertiary/aromatic N) is 2. The van der Waals surface area contributed by atoms with E-state index in [1.807, 2.05) is 0 Å². The Morgan fingerprint density at radius 3 is 1.20 bits per heavy atom. The van der Waals surface area contributed by atoms with Crippen LogP contribution in [0.2, 0.25) is 0 Å². The van der Waals surface area contributed by atoms with Crippen molar-refractivity contribution in [1.82, 2.24) is 9.13 Å². The summed E-state index contributed by atoms with van der Waals surface area (Å²) in [6.07, 6.45) is 10.3. The van der Waals surface area contributed by atoms with E-state index in [2.05, 4.69) is 252 Å². The minimum Gasteiger partial charge on any atom is -0.309 e. The third-order valence-corrected chi connectivity index (χ3v) is 13.9. The molecule has 0 spiro atoms. The Kier molecular flexibility index (Phi) is 8.23. The van der Waals surface area contributed by atoms with E-state index in [-0.39, 0.29) is 0 Å². The van der Waals surface area contributed by atoms with Gasteiger partial charge in [-0.2, -0.15) is 0 Å². The van der Waals surface area contributed by atoms with Gasteiger partial charge in [-0.05, 0) is 111 Å². The van der Waals surface area contributed by atoms with Crippen LogP contribution < -0.4 is 0 Å². The predicted octanol–water partition coefficient (Wildman–Crippen LogP) is 15.8. The Labute approximate surface area is 372 Å². The molecular formula is C62H42N2. The summed E-state index contributed by atoms with van der Waals surface area (Å²) in [5.41, 5.74) is 19.5. The molecule has 0 radical (unpaired) electrons. The molecule has 2 heteroatoms. The summed E-state index contributed by atoms with van der Waals surface area (Å²) in [6, 6.07) is 80.4. The third kappa shape index (κ3) is 5.39. The first-order valence-electron chi connectivity index (χ1n) is 22.3. The lowest BCUT2D eigenvalue weighted by molar-refractivity contribution is 0.727. The molecule has 11 aromatic rings. The molecule has 2 aliphatic rings. The van der Waals surface area contributed by atoms with E-state index in [1.54, 1.807) is 0 Å². The van der Waals surface area contributed by atoms with Gasteiger partial charge in [-0.1, -0.05) is 194 Å². The van der Waals surface area contributed by atoms with Crippen molar-refractivity contribution in [1.29, 1.82) is 0 Å². The second-order valence-corrected chi connectivity index (χ2v) is 17.2. The van der Waals surface area contributed by atoms with Crippen LogP contribution in [0, 0.1) is 0 Å². The van der Waals surface area contributed by atoms with Gasteiger partial charge >= 0.3 is 0 Å². The molecule has 2 aromatic heterocycles. The Morgan fingerprint density at radius 2 is 0.734 bits per heavy atom. The van der Waals surface area contributed by atoms with Gasteiger partial charge < -0.3 is 9.13 Å². The average molecular weight is 815 g/mol. The molecule has 0 atom stereocenters. The first-order valence-corrected chi connectivity index (χ1v) is 22.3. The zero-order chi connectivity index (χ0) is 42.2. The van der Waals surface area contributed by atoms with Gasteiger partial charge in [0.2, 0.25) is 0 Å². The highest BCUT2D eigenvalue weighted by Gasteiger charge is 2.46. The Morgan fingerprint density at radius 1 is 0.344 bits per heavy atom. The van der Waals surface area contributed by atoms with E-state index >= 15 is 0 Å². The van der Waals surface area contributed by atoms with Crippen LogP contribution in [0.3, 0.4) is 0 Å². The number of hydrogen-bond acceptors (Lipinski definition) is 0. The fraction of sp³-hybridized carbons (Fsp3) is 0.0323. The maximum absolute atomic E-state index is 2.41. The van der Waals surface area contributed by atoms with Crippen molar-refractivity contribution in [3.05, 3.63) is 271 Å². The zero-order valence-corrected chi connectivity index (χ0v) is 35.2. The molecule has 13 rings (SSSR count). The van der Waals surface area contributed by atoms with Crippen LogP contribution >= 0.6 is 0 Å². The minimum absolute atomic E-state index is 0.456. The monoisotopic (exact) mass is 814 g/mol. The van der Waals surface area contributed by atoms with Crippen molar-refractivity contribution >= 4 is 49.2 Å². The van der Waals surface area contributed by atoms with E-state index in [4.69, 9.17) is 0 Å². The summed E-state index contributed by atoms with van der Waals surface area (Å²) in [5.74, 6) is 0. The van der Waals surface area contributed by atoms with Gasteiger partial charge in [-0.25, -0.2) is 0 Å². The molecule has 0 fully saturated rings. The van der Waals surface area contributed by atoms with Crippen LogP contribution in [0.4, 0.5) is 0 Å². The van der Waals surface area contributed by atoms with Crippen LogP contribution in [0.15, 0.2) is 248 Å². The van der Waals surface area contributed by atoms with Gasteiger partial charge in [0, 0.05) is 32.9 Å². The fourth-order valence-corrected chi connectivity index (χ4v) is 11.1. The van der Waals surface area contributed by atoms with Gasteiger partial charge in [0.15, 0.2) is 0 Å². The third-order valence-electron chi connectivity index (χ3n) is 13.9. The molecule has 0 amide bonds. The summed E-state index contributed by atoms with van der Waals surface area (Å²) in [4.78, 5) is 0. The first-order chi connectivity index (χ1) is 31.8. The number of fused-ring (bicyclic) bond motifs is 9. The summed E-state index contributed by atoms with van der Waals surface area (Å²) < 4.78 is 4.77. The molecular weight excluding hydrogens is 773 g/mol. The molecule has 2 nitrogen and oxygen atoms in total. The van der Waals surface area contributed by atoms with E-state index < -0.39 is 5.41 Å². The normalized spacial score (nSPS) is 14.1. The van der Waals surface area contributed by atoms with Crippen LogP contribution in [-0.4, -0.2) is 9.13 Å². The van der Waals surface area contributed by atoms with Crippen molar-refractivity contribution in [2.45, 2.75) is 11.8 Å². The van der Waals surface area contributed by atoms with Crippen LogP contribution in [0.1, 0.15) is 28.7 Å². The van der Waals surface area contributed by atoms with Crippen molar-refractivity contribution < 1.29 is 0 Å². The SMILES string of the molecule is C1=CC(c2ccc(-n3c4ccccc4c4ccccc43)cc2)=CC=C(C2(c3ccc(-c4ccc(-n5c6ccccc6c6ccccc65)cc4)cc3)c3ccccc3-c3ccccc32)C1. The number of allylic oxidation sites excluding steroid dienone is 6. The van der Waals surface area contributed by atoms with Crippen molar-refractivity contribution in [2.24, 2.45) is 0 Å². The van der Waals surface area contributed by atoms with Crippen LogP contribution in [-0.2, 0) is 5.41 Å². The molecule has 0 saturated carbocycles. The lowest BCUT2D eigenvalue weighted by Gasteiger charge is -2.35. The maximum atomic E-state index is 2.41. The zero-order valence-electron chi connectivity index (χ0n) is 35.2. The molecule has 64 heavy (non-hydrogen) atoms. The van der Waals surface area contributed by atoms with E-state index in [9.17, 15) is 0 Å². The molecule has 0 saturated heterocycles. The molecule has 0 unspecified atom stereocenters. The largest absolute Gasteiger partial charge is 0.309 e. The average Bonchev–Trinajstić information content (AvgIpc) is 3.90.